The van der Waals surface area contributed by atoms with Gasteiger partial charge in [-0.05, 0) is 58.2 Å². The molecule has 4 nitrogen and oxygen atoms in total. The molecule has 0 aliphatic carbocycles. The molecule has 1 aliphatic heterocycles. The van der Waals surface area contributed by atoms with Crippen LogP contribution in [-0.2, 0) is 13.1 Å². The van der Waals surface area contributed by atoms with Gasteiger partial charge in [-0.3, -0.25) is 0 Å². The Morgan fingerprint density at radius 1 is 0.800 bits per heavy atom. The average Bonchev–Trinajstić information content (AvgIpc) is 2.63. The van der Waals surface area contributed by atoms with Gasteiger partial charge in [0.15, 0.2) is 0 Å². The van der Waals surface area contributed by atoms with Crippen LogP contribution in [-0.4, -0.2) is 38.1 Å². The predicted molar refractivity (Wildman–Crippen MR) is 103 cm³/mol. The quantitative estimate of drug-likeness (QED) is 0.879. The molecule has 134 valence electrons. The van der Waals surface area contributed by atoms with Crippen LogP contribution in [0.5, 0.6) is 11.5 Å². The summed E-state index contributed by atoms with van der Waals surface area (Å²) in [4.78, 5) is 2.42. The molecule has 0 radical (unpaired) electrons. The van der Waals surface area contributed by atoms with Gasteiger partial charge in [0.1, 0.15) is 11.5 Å². The molecule has 0 unspecified atom stereocenters. The monoisotopic (exact) mass is 339 g/mol. The van der Waals surface area contributed by atoms with E-state index in [-0.39, 0.29) is 0 Å². The van der Waals surface area contributed by atoms with Crippen LogP contribution in [0.15, 0.2) is 48.5 Å². The first kappa shape index (κ1) is 17.9. The number of benzene rings is 2. The average molecular weight is 339 g/mol. The Hall–Kier alpha value is -1.88. The van der Waals surface area contributed by atoms with Crippen LogP contribution in [0, 0.1) is 0 Å². The second kappa shape index (κ2) is 9.56. The number of ether oxygens (including phenoxy) is 1. The summed E-state index contributed by atoms with van der Waals surface area (Å²) >= 11 is 0. The van der Waals surface area contributed by atoms with E-state index in [1.807, 2.05) is 30.3 Å². The van der Waals surface area contributed by atoms with Crippen LogP contribution in [0.2, 0.25) is 0 Å². The van der Waals surface area contributed by atoms with Gasteiger partial charge in [0.25, 0.3) is 0 Å². The van der Waals surface area contributed by atoms with E-state index >= 15 is 0 Å². The van der Waals surface area contributed by atoms with E-state index in [4.69, 9.17) is 4.74 Å². The van der Waals surface area contributed by atoms with Crippen molar-refractivity contribution in [3.8, 4) is 11.5 Å². The number of hydrogen-bond acceptors (Lipinski definition) is 4. The molecule has 2 bridgehead atoms. The Bertz CT molecular complexity index is 613. The third-order valence-electron chi connectivity index (χ3n) is 4.56. The molecular weight excluding hydrogens is 310 g/mol. The second-order valence-electron chi connectivity index (χ2n) is 6.68. The number of rotatable bonds is 2. The molecule has 1 heterocycles. The Morgan fingerprint density at radius 2 is 1.40 bits per heavy atom. The Kier molecular flexibility index (Phi) is 6.86. The molecule has 4 heteroatoms. The molecule has 2 N–H and O–H groups in total. The largest absolute Gasteiger partial charge is 0.457 e. The van der Waals surface area contributed by atoms with Gasteiger partial charge in [0.05, 0.1) is 0 Å². The highest BCUT2D eigenvalue weighted by atomic mass is 16.5. The van der Waals surface area contributed by atoms with E-state index in [1.54, 1.807) is 0 Å². The molecule has 0 saturated heterocycles. The maximum atomic E-state index is 6.27. The third-order valence-corrected chi connectivity index (χ3v) is 4.56. The van der Waals surface area contributed by atoms with Gasteiger partial charge in [0, 0.05) is 24.2 Å². The van der Waals surface area contributed by atoms with Crippen LogP contribution in [0.3, 0.4) is 0 Å². The highest BCUT2D eigenvalue weighted by Crippen LogP contribution is 2.29. The van der Waals surface area contributed by atoms with Crippen molar-refractivity contribution in [3.63, 3.8) is 0 Å². The van der Waals surface area contributed by atoms with Gasteiger partial charge >= 0.3 is 0 Å². The van der Waals surface area contributed by atoms with Crippen LogP contribution in [0.25, 0.3) is 0 Å². The molecular formula is C21H29N3O. The van der Waals surface area contributed by atoms with Crippen molar-refractivity contribution in [1.29, 1.82) is 0 Å². The van der Waals surface area contributed by atoms with Crippen LogP contribution in [0.1, 0.15) is 24.0 Å². The summed E-state index contributed by atoms with van der Waals surface area (Å²) < 4.78 is 6.27. The lowest BCUT2D eigenvalue weighted by Crippen LogP contribution is -2.28. The topological polar surface area (TPSA) is 36.5 Å². The lowest BCUT2D eigenvalue weighted by Gasteiger charge is -2.20. The van der Waals surface area contributed by atoms with Crippen molar-refractivity contribution < 1.29 is 4.74 Å². The molecule has 0 spiro atoms. The van der Waals surface area contributed by atoms with Crippen molar-refractivity contribution in [1.82, 2.24) is 15.5 Å². The summed E-state index contributed by atoms with van der Waals surface area (Å²) in [5, 5.41) is 7.14. The van der Waals surface area contributed by atoms with Crippen molar-refractivity contribution >= 4 is 0 Å². The van der Waals surface area contributed by atoms with Crippen molar-refractivity contribution in [2.45, 2.75) is 25.9 Å². The standard InChI is InChI=1S/C21H29N3O/c1-24-14-6-12-22-16-18-8-5-9-19(17-23-13-7-15-24)21(18)25-20-10-3-2-4-11-20/h2-5,8-11,22-23H,6-7,12-17H2,1H3. The summed E-state index contributed by atoms with van der Waals surface area (Å²) in [6.07, 6.45) is 2.33. The zero-order valence-electron chi connectivity index (χ0n) is 15.1. The molecule has 2 aromatic rings. The van der Waals surface area contributed by atoms with Gasteiger partial charge in [0.2, 0.25) is 0 Å². The number of hydrogen-bond donors (Lipinski definition) is 2. The summed E-state index contributed by atoms with van der Waals surface area (Å²) in [5.74, 6) is 1.88. The molecule has 0 fully saturated rings. The highest BCUT2D eigenvalue weighted by Gasteiger charge is 2.11. The maximum Gasteiger partial charge on any atom is 0.136 e. The van der Waals surface area contributed by atoms with E-state index in [0.29, 0.717) is 0 Å². The fourth-order valence-electron chi connectivity index (χ4n) is 3.16. The Balaban J connectivity index is 1.79. The van der Waals surface area contributed by atoms with E-state index in [0.717, 1.165) is 50.8 Å². The zero-order chi connectivity index (χ0) is 17.3. The highest BCUT2D eigenvalue weighted by molar-refractivity contribution is 5.44. The molecule has 1 aliphatic rings. The number of nitrogens with one attached hydrogen (secondary N) is 2. The third kappa shape index (κ3) is 5.56. The molecule has 0 aromatic heterocycles. The number of nitrogens with zero attached hydrogens (tertiary/aromatic N) is 1. The smallest absolute Gasteiger partial charge is 0.136 e. The van der Waals surface area contributed by atoms with Gasteiger partial charge < -0.3 is 20.3 Å². The molecule has 0 amide bonds. The lowest BCUT2D eigenvalue weighted by atomic mass is 10.1. The predicted octanol–water partition coefficient (Wildman–Crippen LogP) is 3.38. The van der Waals surface area contributed by atoms with Crippen LogP contribution < -0.4 is 15.4 Å². The molecule has 0 saturated carbocycles. The summed E-state index contributed by atoms with van der Waals surface area (Å²) in [6, 6.07) is 16.5. The Labute approximate surface area is 151 Å². The first-order valence-electron chi connectivity index (χ1n) is 9.26. The molecule has 2 aromatic carbocycles. The summed E-state index contributed by atoms with van der Waals surface area (Å²) in [6.45, 7) is 6.00. The zero-order valence-corrected chi connectivity index (χ0v) is 15.1. The van der Waals surface area contributed by atoms with E-state index in [9.17, 15) is 0 Å². The van der Waals surface area contributed by atoms with Crippen LogP contribution >= 0.6 is 0 Å². The molecule has 0 atom stereocenters. The first-order valence-corrected chi connectivity index (χ1v) is 9.26. The maximum absolute atomic E-state index is 6.27. The van der Waals surface area contributed by atoms with E-state index in [1.165, 1.54) is 24.0 Å². The fourth-order valence-corrected chi connectivity index (χ4v) is 3.16. The van der Waals surface area contributed by atoms with Gasteiger partial charge in [-0.2, -0.15) is 0 Å². The minimum absolute atomic E-state index is 0.833. The number of fused-ring (bicyclic) bond motifs is 2. The Morgan fingerprint density at radius 3 is 2.00 bits per heavy atom. The first-order chi connectivity index (χ1) is 12.3. The lowest BCUT2D eigenvalue weighted by molar-refractivity contribution is 0.319. The minimum atomic E-state index is 0.833. The minimum Gasteiger partial charge on any atom is -0.457 e. The summed E-state index contributed by atoms with van der Waals surface area (Å²) in [7, 11) is 2.21. The van der Waals surface area contributed by atoms with Crippen molar-refractivity contribution in [2.24, 2.45) is 0 Å². The molecule has 3 rings (SSSR count). The SMILES string of the molecule is CN1CCCNCc2cccc(c2Oc2ccccc2)CNCCC1. The second-order valence-corrected chi connectivity index (χ2v) is 6.68. The van der Waals surface area contributed by atoms with Gasteiger partial charge in [-0.1, -0.05) is 36.4 Å². The molecule has 25 heavy (non-hydrogen) atoms. The van der Waals surface area contributed by atoms with Crippen molar-refractivity contribution in [3.05, 3.63) is 59.7 Å². The number of para-hydroxylation sites is 2. The van der Waals surface area contributed by atoms with Crippen molar-refractivity contribution in [2.75, 3.05) is 33.2 Å². The fraction of sp³-hybridized carbons (Fsp3) is 0.429. The van der Waals surface area contributed by atoms with Crippen LogP contribution in [0.4, 0.5) is 0 Å². The van der Waals surface area contributed by atoms with E-state index in [2.05, 4.69) is 40.8 Å². The van der Waals surface area contributed by atoms with Gasteiger partial charge in [-0.25, -0.2) is 0 Å². The van der Waals surface area contributed by atoms with E-state index < -0.39 is 0 Å². The summed E-state index contributed by atoms with van der Waals surface area (Å²) in [5.41, 5.74) is 2.43. The normalized spacial score (nSPS) is 17.6. The van der Waals surface area contributed by atoms with Gasteiger partial charge in [-0.15, -0.1) is 0 Å².